The molecule has 1 aliphatic heterocycles. The van der Waals surface area contributed by atoms with Gasteiger partial charge in [0.25, 0.3) is 0 Å². The molecule has 2 aliphatic rings. The molecule has 3 rings (SSSR count). The van der Waals surface area contributed by atoms with Gasteiger partial charge in [0, 0.05) is 32.7 Å². The molecule has 1 aromatic rings. The smallest absolute Gasteiger partial charge is 0.219 e. The second kappa shape index (κ2) is 4.86. The van der Waals surface area contributed by atoms with E-state index in [0.29, 0.717) is 0 Å². The van der Waals surface area contributed by atoms with Gasteiger partial charge in [-0.1, -0.05) is 18.2 Å². The Labute approximate surface area is 119 Å². The highest BCUT2D eigenvalue weighted by Gasteiger charge is 2.44. The van der Waals surface area contributed by atoms with Gasteiger partial charge in [-0.15, -0.1) is 0 Å². The van der Waals surface area contributed by atoms with Crippen molar-refractivity contribution in [3.05, 3.63) is 34.9 Å². The second-order valence-corrected chi connectivity index (χ2v) is 6.12. The summed E-state index contributed by atoms with van der Waals surface area (Å²) in [6.45, 7) is 3.33. The van der Waals surface area contributed by atoms with Gasteiger partial charge in [0.1, 0.15) is 0 Å². The Morgan fingerprint density at radius 3 is 2.90 bits per heavy atom. The molecule has 1 amide bonds. The molecular weight excluding hydrogens is 254 g/mol. The molecule has 1 fully saturated rings. The number of hydrogen-bond donors (Lipinski definition) is 1. The fourth-order valence-corrected chi connectivity index (χ4v) is 3.73. The highest BCUT2D eigenvalue weighted by atomic mass is 16.6. The number of fused-ring (bicyclic) bond motifs is 1. The van der Waals surface area contributed by atoms with Crippen LogP contribution >= 0.6 is 0 Å². The fourth-order valence-electron chi connectivity index (χ4n) is 3.73. The van der Waals surface area contributed by atoms with Crippen molar-refractivity contribution < 1.29 is 14.6 Å². The van der Waals surface area contributed by atoms with Crippen LogP contribution in [0.25, 0.3) is 0 Å². The van der Waals surface area contributed by atoms with Crippen LogP contribution in [0.2, 0.25) is 0 Å². The number of hydrogen-bond acceptors (Lipinski definition) is 3. The van der Waals surface area contributed by atoms with Gasteiger partial charge in [0.05, 0.1) is 0 Å². The van der Waals surface area contributed by atoms with Crippen molar-refractivity contribution in [2.24, 2.45) is 5.41 Å². The van der Waals surface area contributed by atoms with Gasteiger partial charge in [-0.05, 0) is 35.8 Å². The van der Waals surface area contributed by atoms with Crippen molar-refractivity contribution in [3.63, 3.8) is 0 Å². The van der Waals surface area contributed by atoms with E-state index in [-0.39, 0.29) is 11.3 Å². The van der Waals surface area contributed by atoms with Crippen LogP contribution in [-0.4, -0.2) is 36.1 Å². The lowest BCUT2D eigenvalue weighted by Gasteiger charge is -2.23. The predicted molar refractivity (Wildman–Crippen MR) is 75.1 cm³/mol. The van der Waals surface area contributed by atoms with Crippen LogP contribution < -0.4 is 0 Å². The van der Waals surface area contributed by atoms with Crippen molar-refractivity contribution in [1.82, 2.24) is 4.90 Å². The Morgan fingerprint density at radius 1 is 1.45 bits per heavy atom. The average molecular weight is 275 g/mol. The van der Waals surface area contributed by atoms with E-state index in [0.717, 1.165) is 37.9 Å². The summed E-state index contributed by atoms with van der Waals surface area (Å²) in [6, 6.07) is 6.04. The Hall–Kier alpha value is -1.39. The molecule has 0 bridgehead atoms. The zero-order chi connectivity index (χ0) is 14.3. The summed E-state index contributed by atoms with van der Waals surface area (Å²) in [7, 11) is 1.52. The first-order chi connectivity index (χ1) is 9.54. The third kappa shape index (κ3) is 2.13. The Morgan fingerprint density at radius 2 is 2.25 bits per heavy atom. The van der Waals surface area contributed by atoms with E-state index in [1.165, 1.54) is 18.2 Å². The van der Waals surface area contributed by atoms with Gasteiger partial charge in [-0.3, -0.25) is 4.79 Å². The topological polar surface area (TPSA) is 49.8 Å². The van der Waals surface area contributed by atoms with Crippen LogP contribution in [0.15, 0.2) is 18.2 Å². The first kappa shape index (κ1) is 13.6. The molecule has 4 heteroatoms. The average Bonchev–Trinajstić information content (AvgIpc) is 3.01. The Bertz CT molecular complexity index is 543. The molecule has 0 saturated carbocycles. The molecule has 1 saturated heterocycles. The van der Waals surface area contributed by atoms with E-state index in [1.807, 2.05) is 17.0 Å². The van der Waals surface area contributed by atoms with Crippen LogP contribution in [-0.2, 0) is 22.4 Å². The van der Waals surface area contributed by atoms with Crippen LogP contribution in [0, 0.1) is 5.41 Å². The molecule has 4 nitrogen and oxygen atoms in total. The zero-order valence-electron chi connectivity index (χ0n) is 12.1. The lowest BCUT2D eigenvalue weighted by molar-refractivity contribution is -0.128. The Balaban J connectivity index is 1.88. The minimum absolute atomic E-state index is 0.162. The summed E-state index contributed by atoms with van der Waals surface area (Å²) in [5, 5.41) is 9.98. The molecule has 0 aromatic heterocycles. The SMILES string of the molecule is COC(O)c1cccc2c1CC1(CCN(C(C)=O)C1)C2. The van der Waals surface area contributed by atoms with Gasteiger partial charge >= 0.3 is 0 Å². The number of aliphatic hydroxyl groups is 1. The highest BCUT2D eigenvalue weighted by molar-refractivity contribution is 5.73. The minimum atomic E-state index is -0.856. The van der Waals surface area contributed by atoms with Crippen molar-refractivity contribution in [1.29, 1.82) is 0 Å². The van der Waals surface area contributed by atoms with E-state index < -0.39 is 6.29 Å². The molecule has 0 radical (unpaired) electrons. The number of ether oxygens (including phenoxy) is 1. The molecule has 1 aliphatic carbocycles. The summed E-state index contributed by atoms with van der Waals surface area (Å²) in [6.07, 6.45) is 2.12. The highest BCUT2D eigenvalue weighted by Crippen LogP contribution is 2.45. The third-order valence-electron chi connectivity index (χ3n) is 4.80. The van der Waals surface area contributed by atoms with E-state index in [2.05, 4.69) is 6.07 Å². The number of rotatable bonds is 2. The Kier molecular flexibility index (Phi) is 3.30. The number of nitrogens with zero attached hydrogens (tertiary/aromatic N) is 1. The summed E-state index contributed by atoms with van der Waals surface area (Å²) >= 11 is 0. The van der Waals surface area contributed by atoms with Gasteiger partial charge in [-0.2, -0.15) is 0 Å². The molecule has 1 N–H and O–H groups in total. The molecule has 2 unspecified atom stereocenters. The summed E-state index contributed by atoms with van der Waals surface area (Å²) < 4.78 is 5.06. The number of aliphatic hydroxyl groups excluding tert-OH is 1. The number of methoxy groups -OCH3 is 1. The van der Waals surface area contributed by atoms with Crippen molar-refractivity contribution in [2.45, 2.75) is 32.5 Å². The van der Waals surface area contributed by atoms with Crippen LogP contribution in [0.4, 0.5) is 0 Å². The van der Waals surface area contributed by atoms with E-state index >= 15 is 0 Å². The van der Waals surface area contributed by atoms with Crippen molar-refractivity contribution >= 4 is 5.91 Å². The summed E-state index contributed by atoms with van der Waals surface area (Å²) in [4.78, 5) is 13.5. The quantitative estimate of drug-likeness (QED) is 0.835. The molecule has 2 atom stereocenters. The monoisotopic (exact) mass is 275 g/mol. The standard InChI is InChI=1S/C16H21NO3/c1-11(18)17-7-6-16(10-17)8-12-4-3-5-13(14(12)9-16)15(19)20-2/h3-5,15,19H,6-10H2,1-2H3. The van der Waals surface area contributed by atoms with E-state index in [1.54, 1.807) is 6.92 Å². The summed E-state index contributed by atoms with van der Waals surface area (Å²) in [5.41, 5.74) is 3.55. The maximum Gasteiger partial charge on any atom is 0.219 e. The lowest BCUT2D eigenvalue weighted by Crippen LogP contribution is -2.30. The van der Waals surface area contributed by atoms with Crippen LogP contribution in [0.5, 0.6) is 0 Å². The number of amides is 1. The van der Waals surface area contributed by atoms with Crippen molar-refractivity contribution in [3.8, 4) is 0 Å². The maximum atomic E-state index is 11.5. The van der Waals surface area contributed by atoms with Gasteiger partial charge in [-0.25, -0.2) is 0 Å². The number of carbonyl (C=O) groups is 1. The molecular formula is C16H21NO3. The maximum absolute atomic E-state index is 11.5. The summed E-state index contributed by atoms with van der Waals surface area (Å²) in [5.74, 6) is 0.162. The normalized spacial score (nSPS) is 26.1. The van der Waals surface area contributed by atoms with E-state index in [4.69, 9.17) is 4.74 Å². The first-order valence-electron chi connectivity index (χ1n) is 7.12. The third-order valence-corrected chi connectivity index (χ3v) is 4.80. The van der Waals surface area contributed by atoms with Crippen molar-refractivity contribution in [2.75, 3.05) is 20.2 Å². The van der Waals surface area contributed by atoms with Gasteiger partial charge < -0.3 is 14.7 Å². The molecule has 108 valence electrons. The van der Waals surface area contributed by atoms with E-state index in [9.17, 15) is 9.90 Å². The largest absolute Gasteiger partial charge is 0.364 e. The van der Waals surface area contributed by atoms with Crippen LogP contribution in [0.3, 0.4) is 0 Å². The number of carbonyl (C=O) groups excluding carboxylic acids is 1. The van der Waals surface area contributed by atoms with Gasteiger partial charge in [0.15, 0.2) is 6.29 Å². The first-order valence-corrected chi connectivity index (χ1v) is 7.12. The fraction of sp³-hybridized carbons (Fsp3) is 0.562. The minimum Gasteiger partial charge on any atom is -0.364 e. The number of benzene rings is 1. The number of likely N-dealkylation sites (tertiary alicyclic amines) is 1. The molecule has 1 spiro atoms. The predicted octanol–water partition coefficient (Wildman–Crippen LogP) is 1.66. The molecule has 1 aromatic carbocycles. The molecule has 20 heavy (non-hydrogen) atoms. The van der Waals surface area contributed by atoms with Crippen LogP contribution in [0.1, 0.15) is 36.3 Å². The molecule has 1 heterocycles. The second-order valence-electron chi connectivity index (χ2n) is 6.12. The van der Waals surface area contributed by atoms with Gasteiger partial charge in [0.2, 0.25) is 5.91 Å². The zero-order valence-corrected chi connectivity index (χ0v) is 12.1. The lowest BCUT2D eigenvalue weighted by atomic mass is 9.84.